The zero-order valence-corrected chi connectivity index (χ0v) is 14.7. The Morgan fingerprint density at radius 2 is 1.92 bits per heavy atom. The molecule has 6 nitrogen and oxygen atoms in total. The maximum atomic E-state index is 5.95. The van der Waals surface area contributed by atoms with E-state index in [1.807, 2.05) is 12.3 Å². The molecule has 0 amide bonds. The van der Waals surface area contributed by atoms with Crippen molar-refractivity contribution in [3.8, 4) is 0 Å². The molecule has 132 valence electrons. The molecule has 2 aromatic rings. The Morgan fingerprint density at radius 1 is 1.12 bits per heavy atom. The highest BCUT2D eigenvalue weighted by atomic mass is 15.1. The SMILES string of the molecule is Cc1cccnc1NCCNc1cc(C2CC(N)C2)nc(C2CC2)n1. The molecule has 0 unspecified atom stereocenters. The van der Waals surface area contributed by atoms with Gasteiger partial charge >= 0.3 is 0 Å². The van der Waals surface area contributed by atoms with Crippen LogP contribution in [0.3, 0.4) is 0 Å². The van der Waals surface area contributed by atoms with Crippen LogP contribution in [0.4, 0.5) is 11.6 Å². The molecule has 4 N–H and O–H groups in total. The van der Waals surface area contributed by atoms with Crippen molar-refractivity contribution in [3.63, 3.8) is 0 Å². The highest BCUT2D eigenvalue weighted by molar-refractivity contribution is 5.43. The molecule has 4 rings (SSSR count). The Kier molecular flexibility index (Phi) is 4.53. The third kappa shape index (κ3) is 3.90. The Morgan fingerprint density at radius 3 is 2.64 bits per heavy atom. The monoisotopic (exact) mass is 338 g/mol. The van der Waals surface area contributed by atoms with Crippen molar-refractivity contribution in [2.24, 2.45) is 5.73 Å². The zero-order valence-electron chi connectivity index (χ0n) is 14.7. The molecule has 2 aliphatic carbocycles. The number of hydrogen-bond donors (Lipinski definition) is 3. The summed E-state index contributed by atoms with van der Waals surface area (Å²) in [5.41, 5.74) is 8.27. The standard InChI is InChI=1S/C19H26N6/c1-12-3-2-6-22-18(12)23-8-7-21-17-11-16(14-9-15(20)10-14)24-19(25-17)13-4-5-13/h2-3,6,11,13-15H,4-5,7-10,20H2,1H3,(H,22,23)(H,21,24,25). The van der Waals surface area contributed by atoms with Crippen LogP contribution in [0.5, 0.6) is 0 Å². The first-order valence-electron chi connectivity index (χ1n) is 9.23. The molecular weight excluding hydrogens is 312 g/mol. The number of nitrogens with one attached hydrogen (secondary N) is 2. The van der Waals surface area contributed by atoms with E-state index >= 15 is 0 Å². The minimum Gasteiger partial charge on any atom is -0.368 e. The molecule has 6 heteroatoms. The van der Waals surface area contributed by atoms with Crippen LogP contribution < -0.4 is 16.4 Å². The van der Waals surface area contributed by atoms with E-state index in [1.54, 1.807) is 0 Å². The smallest absolute Gasteiger partial charge is 0.134 e. The van der Waals surface area contributed by atoms with Crippen LogP contribution in [0.15, 0.2) is 24.4 Å². The molecule has 2 aliphatic rings. The summed E-state index contributed by atoms with van der Waals surface area (Å²) in [5, 5.41) is 6.80. The molecular formula is C19H26N6. The Labute approximate surface area is 148 Å². The first-order valence-corrected chi connectivity index (χ1v) is 9.23. The van der Waals surface area contributed by atoms with Crippen molar-refractivity contribution in [2.75, 3.05) is 23.7 Å². The predicted molar refractivity (Wildman–Crippen MR) is 99.9 cm³/mol. The number of anilines is 2. The lowest BCUT2D eigenvalue weighted by Crippen LogP contribution is -2.35. The fourth-order valence-electron chi connectivity index (χ4n) is 3.25. The summed E-state index contributed by atoms with van der Waals surface area (Å²) in [6.45, 7) is 3.65. The van der Waals surface area contributed by atoms with Crippen LogP contribution in [-0.2, 0) is 0 Å². The number of nitrogens with zero attached hydrogens (tertiary/aromatic N) is 3. The van der Waals surface area contributed by atoms with Gasteiger partial charge in [-0.25, -0.2) is 15.0 Å². The van der Waals surface area contributed by atoms with Crippen molar-refractivity contribution >= 4 is 11.6 Å². The fourth-order valence-corrected chi connectivity index (χ4v) is 3.25. The van der Waals surface area contributed by atoms with Crippen molar-refractivity contribution < 1.29 is 0 Å². The number of pyridine rings is 1. The molecule has 0 spiro atoms. The number of aryl methyl sites for hydroxylation is 1. The van der Waals surface area contributed by atoms with E-state index in [4.69, 9.17) is 15.7 Å². The Hall–Kier alpha value is -2.21. The number of rotatable bonds is 7. The van der Waals surface area contributed by atoms with Gasteiger partial charge in [0.1, 0.15) is 17.5 Å². The lowest BCUT2D eigenvalue weighted by molar-refractivity contribution is 0.344. The van der Waals surface area contributed by atoms with Gasteiger partial charge in [0.05, 0.1) is 0 Å². The van der Waals surface area contributed by atoms with Gasteiger partial charge in [-0.15, -0.1) is 0 Å². The fraction of sp³-hybridized carbons (Fsp3) is 0.526. The van der Waals surface area contributed by atoms with Crippen LogP contribution in [0, 0.1) is 6.92 Å². The van der Waals surface area contributed by atoms with Gasteiger partial charge < -0.3 is 16.4 Å². The molecule has 0 aromatic carbocycles. The molecule has 2 aromatic heterocycles. The lowest BCUT2D eigenvalue weighted by Gasteiger charge is -2.32. The average Bonchev–Trinajstić information content (AvgIpc) is 3.42. The molecule has 2 saturated carbocycles. The summed E-state index contributed by atoms with van der Waals surface area (Å²) in [6.07, 6.45) is 6.33. The normalized spacial score (nSPS) is 22.3. The topological polar surface area (TPSA) is 88.8 Å². The van der Waals surface area contributed by atoms with Gasteiger partial charge in [-0.3, -0.25) is 0 Å². The average molecular weight is 338 g/mol. The number of hydrogen-bond acceptors (Lipinski definition) is 6. The number of nitrogens with two attached hydrogens (primary N) is 1. The molecule has 0 saturated heterocycles. The summed E-state index contributed by atoms with van der Waals surface area (Å²) in [6, 6.07) is 6.46. The van der Waals surface area contributed by atoms with Gasteiger partial charge in [0, 0.05) is 48.9 Å². The van der Waals surface area contributed by atoms with Crippen molar-refractivity contribution in [1.29, 1.82) is 0 Å². The van der Waals surface area contributed by atoms with Crippen LogP contribution in [-0.4, -0.2) is 34.1 Å². The van der Waals surface area contributed by atoms with Gasteiger partial charge in [0.15, 0.2) is 0 Å². The van der Waals surface area contributed by atoms with Gasteiger partial charge in [0.25, 0.3) is 0 Å². The second kappa shape index (κ2) is 6.96. The van der Waals surface area contributed by atoms with E-state index in [0.717, 1.165) is 54.6 Å². The van der Waals surface area contributed by atoms with Crippen LogP contribution in [0.25, 0.3) is 0 Å². The summed E-state index contributed by atoms with van der Waals surface area (Å²) < 4.78 is 0. The molecule has 25 heavy (non-hydrogen) atoms. The van der Waals surface area contributed by atoms with Crippen LogP contribution in [0.2, 0.25) is 0 Å². The minimum absolute atomic E-state index is 0.339. The predicted octanol–water partition coefficient (Wildman–Crippen LogP) is 2.79. The van der Waals surface area contributed by atoms with Gasteiger partial charge in [-0.2, -0.15) is 0 Å². The quantitative estimate of drug-likeness (QED) is 0.673. The highest BCUT2D eigenvalue weighted by Gasteiger charge is 2.32. The zero-order chi connectivity index (χ0) is 17.2. The molecule has 2 fully saturated rings. The van der Waals surface area contributed by atoms with E-state index in [1.165, 1.54) is 12.8 Å². The van der Waals surface area contributed by atoms with E-state index in [9.17, 15) is 0 Å². The maximum absolute atomic E-state index is 5.95. The first-order chi connectivity index (χ1) is 12.2. The van der Waals surface area contributed by atoms with Gasteiger partial charge in [-0.05, 0) is 44.2 Å². The van der Waals surface area contributed by atoms with Crippen molar-refractivity contribution in [1.82, 2.24) is 15.0 Å². The summed E-state index contributed by atoms with van der Waals surface area (Å²) in [7, 11) is 0. The second-order valence-corrected chi connectivity index (χ2v) is 7.26. The molecule has 2 heterocycles. The highest BCUT2D eigenvalue weighted by Crippen LogP contribution is 2.41. The van der Waals surface area contributed by atoms with Crippen molar-refractivity contribution in [2.45, 2.75) is 50.5 Å². The van der Waals surface area contributed by atoms with E-state index < -0.39 is 0 Å². The van der Waals surface area contributed by atoms with Gasteiger partial charge in [0.2, 0.25) is 0 Å². The molecule has 0 atom stereocenters. The van der Waals surface area contributed by atoms with E-state index in [-0.39, 0.29) is 0 Å². The third-order valence-electron chi connectivity index (χ3n) is 5.03. The van der Waals surface area contributed by atoms with Crippen LogP contribution in [0.1, 0.15) is 54.6 Å². The summed E-state index contributed by atoms with van der Waals surface area (Å²) in [5.74, 6) is 3.95. The minimum atomic E-state index is 0.339. The first kappa shape index (κ1) is 16.3. The van der Waals surface area contributed by atoms with Crippen molar-refractivity contribution in [3.05, 3.63) is 41.5 Å². The second-order valence-electron chi connectivity index (χ2n) is 7.26. The number of aromatic nitrogens is 3. The Bertz CT molecular complexity index is 736. The van der Waals surface area contributed by atoms with Crippen LogP contribution >= 0.6 is 0 Å². The molecule has 0 radical (unpaired) electrons. The third-order valence-corrected chi connectivity index (χ3v) is 5.03. The van der Waals surface area contributed by atoms with E-state index in [2.05, 4.69) is 34.7 Å². The summed E-state index contributed by atoms with van der Waals surface area (Å²) >= 11 is 0. The van der Waals surface area contributed by atoms with Gasteiger partial charge in [-0.1, -0.05) is 6.07 Å². The molecule has 0 bridgehead atoms. The lowest BCUT2D eigenvalue weighted by atomic mass is 9.78. The summed E-state index contributed by atoms with van der Waals surface area (Å²) in [4.78, 5) is 13.9. The maximum Gasteiger partial charge on any atom is 0.134 e. The largest absolute Gasteiger partial charge is 0.368 e. The van der Waals surface area contributed by atoms with E-state index in [0.29, 0.717) is 17.9 Å². The molecule has 0 aliphatic heterocycles. The Balaban J connectivity index is 1.37.